The largest absolute Gasteiger partial charge is 0.357 e. The Morgan fingerprint density at radius 2 is 1.89 bits per heavy atom. The lowest BCUT2D eigenvalue weighted by molar-refractivity contribution is 0.795. The van der Waals surface area contributed by atoms with Gasteiger partial charge >= 0.3 is 0 Å². The average Bonchev–Trinajstić information content (AvgIpc) is 3.27. The van der Waals surface area contributed by atoms with Crippen LogP contribution >= 0.6 is 22.7 Å². The molecule has 0 radical (unpaired) electrons. The minimum Gasteiger partial charge on any atom is -0.357 e. The highest BCUT2D eigenvalue weighted by Gasteiger charge is 2.06. The third-order valence-corrected chi connectivity index (χ3v) is 6.01. The van der Waals surface area contributed by atoms with Gasteiger partial charge in [0.05, 0.1) is 22.9 Å². The number of benzene rings is 1. The van der Waals surface area contributed by atoms with Crippen molar-refractivity contribution in [2.24, 2.45) is 4.99 Å². The van der Waals surface area contributed by atoms with Gasteiger partial charge in [0.1, 0.15) is 5.01 Å². The molecule has 7 heteroatoms. The summed E-state index contributed by atoms with van der Waals surface area (Å²) in [5, 5.41) is 11.0. The van der Waals surface area contributed by atoms with Gasteiger partial charge in [-0.15, -0.1) is 22.7 Å². The van der Waals surface area contributed by atoms with E-state index in [-0.39, 0.29) is 0 Å². The van der Waals surface area contributed by atoms with Crippen LogP contribution in [-0.2, 0) is 13.0 Å². The van der Waals surface area contributed by atoms with E-state index >= 15 is 0 Å². The number of aryl methyl sites for hydroxylation is 2. The summed E-state index contributed by atoms with van der Waals surface area (Å²) >= 11 is 3.42. The molecule has 0 amide bonds. The molecule has 0 aliphatic rings. The molecular formula is C20H25N5S2. The number of nitrogens with one attached hydrogen (secondary N) is 2. The monoisotopic (exact) mass is 399 g/mol. The van der Waals surface area contributed by atoms with Crippen molar-refractivity contribution in [3.8, 4) is 11.3 Å². The van der Waals surface area contributed by atoms with E-state index in [0.29, 0.717) is 6.54 Å². The van der Waals surface area contributed by atoms with Gasteiger partial charge < -0.3 is 10.6 Å². The summed E-state index contributed by atoms with van der Waals surface area (Å²) in [7, 11) is 0. The van der Waals surface area contributed by atoms with Gasteiger partial charge in [0.2, 0.25) is 0 Å². The van der Waals surface area contributed by atoms with Gasteiger partial charge in [0, 0.05) is 35.3 Å². The summed E-state index contributed by atoms with van der Waals surface area (Å²) in [5.41, 5.74) is 3.29. The number of thiazole rings is 2. The number of rotatable bonds is 7. The Morgan fingerprint density at radius 1 is 1.07 bits per heavy atom. The quantitative estimate of drug-likeness (QED) is 0.462. The van der Waals surface area contributed by atoms with Gasteiger partial charge in [-0.25, -0.2) is 15.0 Å². The molecule has 0 atom stereocenters. The summed E-state index contributed by atoms with van der Waals surface area (Å²) in [4.78, 5) is 15.3. The Labute approximate surface area is 168 Å². The van der Waals surface area contributed by atoms with Crippen LogP contribution in [0.15, 0.2) is 40.7 Å². The fraction of sp³-hybridized carbons (Fsp3) is 0.350. The zero-order valence-electron chi connectivity index (χ0n) is 16.0. The van der Waals surface area contributed by atoms with E-state index in [4.69, 9.17) is 4.98 Å². The smallest absolute Gasteiger partial charge is 0.191 e. The lowest BCUT2D eigenvalue weighted by Gasteiger charge is -2.10. The van der Waals surface area contributed by atoms with Crippen LogP contribution in [-0.4, -0.2) is 29.0 Å². The molecule has 27 heavy (non-hydrogen) atoms. The van der Waals surface area contributed by atoms with E-state index in [9.17, 15) is 0 Å². The Hall–Kier alpha value is -2.25. The highest BCUT2D eigenvalue weighted by atomic mass is 32.1. The van der Waals surface area contributed by atoms with Crippen molar-refractivity contribution in [3.63, 3.8) is 0 Å². The van der Waals surface area contributed by atoms with E-state index < -0.39 is 0 Å². The number of nitrogens with zero attached hydrogens (tertiary/aromatic N) is 3. The number of hydrogen-bond donors (Lipinski definition) is 2. The van der Waals surface area contributed by atoms with Crippen LogP contribution < -0.4 is 10.6 Å². The van der Waals surface area contributed by atoms with E-state index in [1.807, 2.05) is 18.2 Å². The zero-order chi connectivity index (χ0) is 19.1. The maximum Gasteiger partial charge on any atom is 0.191 e. The molecule has 2 aromatic heterocycles. The molecule has 142 valence electrons. The average molecular weight is 400 g/mol. The van der Waals surface area contributed by atoms with Gasteiger partial charge in [0.15, 0.2) is 5.96 Å². The predicted octanol–water partition coefficient (Wildman–Crippen LogP) is 4.18. The number of aliphatic imine (C=N–C) groups is 1. The first-order valence-electron chi connectivity index (χ1n) is 9.10. The molecule has 1 aromatic carbocycles. The van der Waals surface area contributed by atoms with Crippen molar-refractivity contribution in [2.75, 3.05) is 13.1 Å². The SMILES string of the molecule is CCNC(=NCc1nc(-c2ccccc2)cs1)NCCc1nc(C)c(C)s1. The second kappa shape index (κ2) is 9.62. The van der Waals surface area contributed by atoms with E-state index in [0.717, 1.165) is 47.4 Å². The standard InChI is InChI=1S/C20H25N5S2/c1-4-21-20(22-11-10-18-24-14(2)15(3)27-18)23-12-19-25-17(13-26-19)16-8-6-5-7-9-16/h5-9,13H,4,10-12H2,1-3H3,(H2,21,22,23). The Bertz CT molecular complexity index is 863. The van der Waals surface area contributed by atoms with Crippen LogP contribution in [0.3, 0.4) is 0 Å². The highest BCUT2D eigenvalue weighted by molar-refractivity contribution is 7.11. The first kappa shape index (κ1) is 19.5. The summed E-state index contributed by atoms with van der Waals surface area (Å²) in [6.45, 7) is 8.46. The molecule has 0 saturated carbocycles. The lowest BCUT2D eigenvalue weighted by Crippen LogP contribution is -2.38. The molecule has 0 unspecified atom stereocenters. The molecule has 3 rings (SSSR count). The number of guanidine groups is 1. The van der Waals surface area contributed by atoms with Crippen molar-refractivity contribution in [3.05, 3.63) is 56.3 Å². The molecule has 3 aromatic rings. The third-order valence-electron chi connectivity index (χ3n) is 4.04. The van der Waals surface area contributed by atoms with Crippen molar-refractivity contribution in [1.82, 2.24) is 20.6 Å². The molecule has 0 saturated heterocycles. The topological polar surface area (TPSA) is 62.2 Å². The van der Waals surface area contributed by atoms with E-state index in [1.165, 1.54) is 9.88 Å². The Kier molecular flexibility index (Phi) is 6.95. The van der Waals surface area contributed by atoms with Crippen LogP contribution in [0.4, 0.5) is 0 Å². The van der Waals surface area contributed by atoms with Crippen molar-refractivity contribution in [2.45, 2.75) is 33.7 Å². The molecule has 0 fully saturated rings. The second-order valence-electron chi connectivity index (χ2n) is 6.11. The van der Waals surface area contributed by atoms with Gasteiger partial charge in [-0.3, -0.25) is 0 Å². The molecule has 0 bridgehead atoms. The Balaban J connectivity index is 1.56. The molecule has 2 heterocycles. The van der Waals surface area contributed by atoms with Crippen LogP contribution in [0.5, 0.6) is 0 Å². The zero-order valence-corrected chi connectivity index (χ0v) is 17.6. The van der Waals surface area contributed by atoms with Crippen molar-refractivity contribution >= 4 is 28.6 Å². The summed E-state index contributed by atoms with van der Waals surface area (Å²) in [5.74, 6) is 0.818. The minimum atomic E-state index is 0.572. The lowest BCUT2D eigenvalue weighted by atomic mass is 10.2. The van der Waals surface area contributed by atoms with E-state index in [2.05, 4.69) is 58.9 Å². The van der Waals surface area contributed by atoms with Crippen LogP contribution in [0, 0.1) is 13.8 Å². The van der Waals surface area contributed by atoms with Gasteiger partial charge in [-0.2, -0.15) is 0 Å². The minimum absolute atomic E-state index is 0.572. The number of hydrogen-bond acceptors (Lipinski definition) is 5. The van der Waals surface area contributed by atoms with Gasteiger partial charge in [-0.1, -0.05) is 30.3 Å². The highest BCUT2D eigenvalue weighted by Crippen LogP contribution is 2.21. The number of aromatic nitrogens is 2. The molecule has 0 aliphatic heterocycles. The first-order chi connectivity index (χ1) is 13.2. The summed E-state index contributed by atoms with van der Waals surface area (Å²) < 4.78 is 0. The normalized spacial score (nSPS) is 11.6. The maximum absolute atomic E-state index is 4.70. The van der Waals surface area contributed by atoms with Gasteiger partial charge in [-0.05, 0) is 20.8 Å². The summed E-state index contributed by atoms with van der Waals surface area (Å²) in [6.07, 6.45) is 0.902. The Morgan fingerprint density at radius 3 is 2.59 bits per heavy atom. The third kappa shape index (κ3) is 5.61. The fourth-order valence-electron chi connectivity index (χ4n) is 2.55. The molecule has 2 N–H and O–H groups in total. The van der Waals surface area contributed by atoms with Crippen molar-refractivity contribution < 1.29 is 0 Å². The van der Waals surface area contributed by atoms with E-state index in [1.54, 1.807) is 22.7 Å². The van der Waals surface area contributed by atoms with Gasteiger partial charge in [0.25, 0.3) is 0 Å². The van der Waals surface area contributed by atoms with Crippen LogP contribution in [0.2, 0.25) is 0 Å². The molecule has 0 aliphatic carbocycles. The van der Waals surface area contributed by atoms with Crippen molar-refractivity contribution in [1.29, 1.82) is 0 Å². The maximum atomic E-state index is 4.70. The molecular weight excluding hydrogens is 374 g/mol. The van der Waals surface area contributed by atoms with Crippen LogP contribution in [0.25, 0.3) is 11.3 Å². The summed E-state index contributed by atoms with van der Waals surface area (Å²) in [6, 6.07) is 10.2. The predicted molar refractivity (Wildman–Crippen MR) is 116 cm³/mol. The fourth-order valence-corrected chi connectivity index (χ4v) is 4.21. The first-order valence-corrected chi connectivity index (χ1v) is 10.8. The second-order valence-corrected chi connectivity index (χ2v) is 8.34. The molecule has 5 nitrogen and oxygen atoms in total. The van der Waals surface area contributed by atoms with Crippen LogP contribution in [0.1, 0.15) is 27.5 Å². The molecule has 0 spiro atoms.